The van der Waals surface area contributed by atoms with Crippen LogP contribution in [-0.4, -0.2) is 47.3 Å². The monoisotopic (exact) mass is 353 g/mol. The Balaban J connectivity index is 1.45. The van der Waals surface area contributed by atoms with Gasteiger partial charge in [-0.05, 0) is 36.8 Å². The van der Waals surface area contributed by atoms with E-state index in [1.807, 2.05) is 12.3 Å². The average Bonchev–Trinajstić information content (AvgIpc) is 3.17. The number of rotatable bonds is 4. The van der Waals surface area contributed by atoms with Gasteiger partial charge < -0.3 is 9.64 Å². The summed E-state index contributed by atoms with van der Waals surface area (Å²) in [6.07, 6.45) is 6.73. The van der Waals surface area contributed by atoms with E-state index < -0.39 is 0 Å². The third-order valence-corrected chi connectivity index (χ3v) is 5.70. The van der Waals surface area contributed by atoms with E-state index in [1.54, 1.807) is 0 Å². The first-order valence-corrected chi connectivity index (χ1v) is 9.74. The molecule has 0 bridgehead atoms. The molecule has 2 fully saturated rings. The normalized spacial score (nSPS) is 21.7. The molecule has 5 nitrogen and oxygen atoms in total. The highest BCUT2D eigenvalue weighted by Crippen LogP contribution is 2.30. The molecular weight excluding hydrogens is 326 g/mol. The molecule has 0 saturated carbocycles. The number of hydrogen-bond donors (Lipinski definition) is 1. The molecule has 0 aliphatic carbocycles. The van der Waals surface area contributed by atoms with Gasteiger partial charge in [0.25, 0.3) is 0 Å². The molecule has 1 aromatic carbocycles. The van der Waals surface area contributed by atoms with Gasteiger partial charge in [0.1, 0.15) is 0 Å². The van der Waals surface area contributed by atoms with E-state index in [0.717, 1.165) is 58.4 Å². The lowest BCUT2D eigenvalue weighted by molar-refractivity contribution is -0.139. The van der Waals surface area contributed by atoms with E-state index in [0.29, 0.717) is 11.8 Å². The maximum Gasteiger partial charge on any atom is 0.225 e. The van der Waals surface area contributed by atoms with Crippen molar-refractivity contribution in [3.05, 3.63) is 53.3 Å². The Morgan fingerprint density at radius 2 is 2.00 bits per heavy atom. The van der Waals surface area contributed by atoms with Crippen LogP contribution in [0, 0.1) is 5.92 Å². The van der Waals surface area contributed by atoms with Crippen LogP contribution in [0.1, 0.15) is 48.4 Å². The number of carbonyl (C=O) groups excluding carboxylic acids is 1. The van der Waals surface area contributed by atoms with E-state index in [9.17, 15) is 4.79 Å². The van der Waals surface area contributed by atoms with E-state index in [2.05, 4.69) is 39.4 Å². The number of benzene rings is 1. The summed E-state index contributed by atoms with van der Waals surface area (Å²) in [4.78, 5) is 15.0. The topological polar surface area (TPSA) is 58.2 Å². The molecule has 138 valence electrons. The molecule has 3 heterocycles. The highest BCUT2D eigenvalue weighted by atomic mass is 16.5. The smallest absolute Gasteiger partial charge is 0.225 e. The van der Waals surface area contributed by atoms with Gasteiger partial charge in [-0.2, -0.15) is 5.10 Å². The zero-order valence-corrected chi connectivity index (χ0v) is 15.2. The lowest BCUT2D eigenvalue weighted by Gasteiger charge is -2.35. The fraction of sp³-hybridized carbons (Fsp3) is 0.524. The number of H-pyrrole nitrogens is 1. The summed E-state index contributed by atoms with van der Waals surface area (Å²) < 4.78 is 5.41. The van der Waals surface area contributed by atoms with Crippen molar-refractivity contribution in [2.75, 3.05) is 26.3 Å². The van der Waals surface area contributed by atoms with Crippen molar-refractivity contribution in [3.8, 4) is 0 Å². The van der Waals surface area contributed by atoms with Crippen molar-refractivity contribution in [1.29, 1.82) is 0 Å². The second-order valence-electron chi connectivity index (χ2n) is 7.48. The number of hydrogen-bond acceptors (Lipinski definition) is 3. The van der Waals surface area contributed by atoms with Crippen LogP contribution < -0.4 is 0 Å². The maximum absolute atomic E-state index is 12.9. The number of likely N-dealkylation sites (tertiary alicyclic amines) is 1. The van der Waals surface area contributed by atoms with Crippen molar-refractivity contribution in [3.63, 3.8) is 0 Å². The first kappa shape index (κ1) is 17.3. The third kappa shape index (κ3) is 3.83. The van der Waals surface area contributed by atoms with Crippen LogP contribution in [-0.2, 0) is 16.0 Å². The molecule has 2 aliphatic rings. The van der Waals surface area contributed by atoms with Crippen molar-refractivity contribution in [1.82, 2.24) is 15.1 Å². The second kappa shape index (κ2) is 8.04. The van der Waals surface area contributed by atoms with E-state index in [-0.39, 0.29) is 5.92 Å². The molecular formula is C21H27N3O2. The second-order valence-corrected chi connectivity index (χ2v) is 7.48. The van der Waals surface area contributed by atoms with Gasteiger partial charge in [0.2, 0.25) is 5.91 Å². The Kier molecular flexibility index (Phi) is 5.34. The summed E-state index contributed by atoms with van der Waals surface area (Å²) in [5.41, 5.74) is 3.75. The highest BCUT2D eigenvalue weighted by Gasteiger charge is 2.31. The van der Waals surface area contributed by atoms with Crippen molar-refractivity contribution in [2.45, 2.75) is 38.0 Å². The largest absolute Gasteiger partial charge is 0.381 e. The van der Waals surface area contributed by atoms with Crippen molar-refractivity contribution >= 4 is 5.91 Å². The summed E-state index contributed by atoms with van der Waals surface area (Å²) in [5.74, 6) is 0.823. The summed E-state index contributed by atoms with van der Waals surface area (Å²) in [7, 11) is 0. The number of amides is 1. The van der Waals surface area contributed by atoms with Crippen LogP contribution in [0.15, 0.2) is 36.5 Å². The maximum atomic E-state index is 12.9. The zero-order chi connectivity index (χ0) is 17.8. The zero-order valence-electron chi connectivity index (χ0n) is 15.2. The SMILES string of the molecule is O=C(C1CCOCC1)N1CCC[C@@H](c2[nH]ncc2Cc2ccccc2)C1. The number of aromatic nitrogens is 2. The predicted molar refractivity (Wildman–Crippen MR) is 99.9 cm³/mol. The molecule has 5 heteroatoms. The van der Waals surface area contributed by atoms with Gasteiger partial charge in [-0.15, -0.1) is 0 Å². The molecule has 0 radical (unpaired) electrons. The molecule has 1 N–H and O–H groups in total. The minimum atomic E-state index is 0.146. The van der Waals surface area contributed by atoms with Gasteiger partial charge in [0.15, 0.2) is 0 Å². The Morgan fingerprint density at radius 3 is 2.81 bits per heavy atom. The Bertz CT molecular complexity index is 722. The Morgan fingerprint density at radius 1 is 1.19 bits per heavy atom. The molecule has 4 rings (SSSR count). The first-order valence-electron chi connectivity index (χ1n) is 9.74. The molecule has 0 spiro atoms. The van der Waals surface area contributed by atoms with Gasteiger partial charge in [-0.1, -0.05) is 30.3 Å². The van der Waals surface area contributed by atoms with Crippen molar-refractivity contribution in [2.24, 2.45) is 5.92 Å². The minimum absolute atomic E-state index is 0.146. The predicted octanol–water partition coefficient (Wildman–Crippen LogP) is 3.13. The lowest BCUT2D eigenvalue weighted by atomic mass is 9.89. The van der Waals surface area contributed by atoms with E-state index >= 15 is 0 Å². The number of piperidine rings is 1. The third-order valence-electron chi connectivity index (χ3n) is 5.70. The molecule has 26 heavy (non-hydrogen) atoms. The van der Waals surface area contributed by atoms with Crippen LogP contribution in [0.2, 0.25) is 0 Å². The molecule has 2 aromatic rings. The van der Waals surface area contributed by atoms with Gasteiger partial charge in [-0.3, -0.25) is 9.89 Å². The molecule has 1 aromatic heterocycles. The van der Waals surface area contributed by atoms with Crippen LogP contribution in [0.4, 0.5) is 0 Å². The van der Waals surface area contributed by atoms with Gasteiger partial charge in [-0.25, -0.2) is 0 Å². The fourth-order valence-corrected chi connectivity index (χ4v) is 4.25. The fourth-order valence-electron chi connectivity index (χ4n) is 4.25. The molecule has 1 amide bonds. The number of aromatic amines is 1. The number of ether oxygens (including phenoxy) is 1. The number of nitrogens with one attached hydrogen (secondary N) is 1. The quantitative estimate of drug-likeness (QED) is 0.919. The molecule has 2 aliphatic heterocycles. The minimum Gasteiger partial charge on any atom is -0.381 e. The van der Waals surface area contributed by atoms with Crippen molar-refractivity contribution < 1.29 is 9.53 Å². The highest BCUT2D eigenvalue weighted by molar-refractivity contribution is 5.79. The Labute approximate surface area is 154 Å². The van der Waals surface area contributed by atoms with Crippen LogP contribution in [0.3, 0.4) is 0 Å². The van der Waals surface area contributed by atoms with E-state index in [4.69, 9.17) is 4.74 Å². The summed E-state index contributed by atoms with van der Waals surface area (Å²) in [6, 6.07) is 10.5. The van der Waals surface area contributed by atoms with Gasteiger partial charge in [0.05, 0.1) is 6.20 Å². The van der Waals surface area contributed by atoms with E-state index in [1.165, 1.54) is 16.8 Å². The van der Waals surface area contributed by atoms with Crippen LogP contribution in [0.5, 0.6) is 0 Å². The lowest BCUT2D eigenvalue weighted by Crippen LogP contribution is -2.43. The molecule has 2 saturated heterocycles. The van der Waals surface area contributed by atoms with Gasteiger partial charge in [0, 0.05) is 50.3 Å². The molecule has 0 unspecified atom stereocenters. The summed E-state index contributed by atoms with van der Waals surface area (Å²) in [6.45, 7) is 3.12. The van der Waals surface area contributed by atoms with Crippen LogP contribution >= 0.6 is 0 Å². The first-order chi connectivity index (χ1) is 12.8. The molecule has 1 atom stereocenters. The number of nitrogens with zero attached hydrogens (tertiary/aromatic N) is 2. The Hall–Kier alpha value is -2.14. The standard InChI is InChI=1S/C21H27N3O2/c25-21(17-8-11-26-12-9-17)24-10-4-7-18(15-24)20-19(14-22-23-20)13-16-5-2-1-3-6-16/h1-3,5-6,14,17-18H,4,7-13,15H2,(H,22,23)/t18-/m1/s1. The van der Waals surface area contributed by atoms with Crippen LogP contribution in [0.25, 0.3) is 0 Å². The number of carbonyl (C=O) groups is 1. The average molecular weight is 353 g/mol. The summed E-state index contributed by atoms with van der Waals surface area (Å²) >= 11 is 0. The summed E-state index contributed by atoms with van der Waals surface area (Å²) in [5, 5.41) is 7.54. The van der Waals surface area contributed by atoms with Gasteiger partial charge >= 0.3 is 0 Å².